The minimum absolute atomic E-state index is 0.167. The maximum absolute atomic E-state index is 10.8. The Bertz CT molecular complexity index is 900. The molecule has 0 aromatic heterocycles. The Morgan fingerprint density at radius 1 is 0.815 bits per heavy atom. The summed E-state index contributed by atoms with van der Waals surface area (Å²) in [4.78, 5) is 0. The first-order valence-electron chi connectivity index (χ1n) is 8.33. The molecule has 0 fully saturated rings. The highest BCUT2D eigenvalue weighted by molar-refractivity contribution is 9.10. The molecule has 2 nitrogen and oxygen atoms in total. The average Bonchev–Trinajstić information content (AvgIpc) is 2.65. The number of aliphatic hydroxyl groups is 1. The van der Waals surface area contributed by atoms with Crippen molar-refractivity contribution in [2.24, 2.45) is 0 Å². The summed E-state index contributed by atoms with van der Waals surface area (Å²) in [6, 6.07) is 20.4. The summed E-state index contributed by atoms with van der Waals surface area (Å²) < 4.78 is 0.971. The predicted octanol–water partition coefficient (Wildman–Crippen LogP) is 7.69. The van der Waals surface area contributed by atoms with Crippen molar-refractivity contribution in [3.63, 3.8) is 0 Å². The molecule has 0 spiro atoms. The van der Waals surface area contributed by atoms with Crippen LogP contribution in [0.3, 0.4) is 0 Å². The van der Waals surface area contributed by atoms with Crippen molar-refractivity contribution in [1.82, 2.24) is 0 Å². The zero-order valence-electron chi connectivity index (χ0n) is 14.2. The van der Waals surface area contributed by atoms with Gasteiger partial charge in [-0.25, -0.2) is 0 Å². The normalized spacial score (nSPS) is 13.2. The molecule has 3 aromatic carbocycles. The molecule has 0 bridgehead atoms. The lowest BCUT2D eigenvalue weighted by Gasteiger charge is -2.24. The molecule has 0 heterocycles. The van der Waals surface area contributed by atoms with Gasteiger partial charge in [-0.1, -0.05) is 68.9 Å². The highest BCUT2D eigenvalue weighted by atomic mass is 79.9. The quantitative estimate of drug-likeness (QED) is 0.375. The fourth-order valence-electron chi connectivity index (χ4n) is 2.80. The van der Waals surface area contributed by atoms with Crippen LogP contribution in [-0.4, -0.2) is 5.11 Å². The average molecular weight is 486 g/mol. The van der Waals surface area contributed by atoms with E-state index in [-0.39, 0.29) is 6.04 Å². The second-order valence-electron chi connectivity index (χ2n) is 6.18. The molecule has 0 saturated heterocycles. The maximum atomic E-state index is 10.8. The molecule has 0 aliphatic rings. The van der Waals surface area contributed by atoms with Gasteiger partial charge in [0.25, 0.3) is 0 Å². The molecule has 0 aliphatic heterocycles. The Kier molecular flexibility index (Phi) is 7.07. The smallest absolute Gasteiger partial charge is 0.0813 e. The van der Waals surface area contributed by atoms with Crippen molar-refractivity contribution in [2.45, 2.75) is 18.6 Å². The van der Waals surface area contributed by atoms with Crippen molar-refractivity contribution in [2.75, 3.05) is 5.32 Å². The minimum atomic E-state index is -0.641. The van der Waals surface area contributed by atoms with E-state index in [1.807, 2.05) is 60.7 Å². The van der Waals surface area contributed by atoms with E-state index in [1.54, 1.807) is 6.07 Å². The van der Waals surface area contributed by atoms with Crippen LogP contribution in [0.4, 0.5) is 5.69 Å². The largest absolute Gasteiger partial charge is 0.388 e. The van der Waals surface area contributed by atoms with Crippen LogP contribution in [0.2, 0.25) is 15.1 Å². The molecule has 2 atom stereocenters. The van der Waals surface area contributed by atoms with Gasteiger partial charge in [-0.05, 0) is 59.7 Å². The summed E-state index contributed by atoms with van der Waals surface area (Å²) in [6.07, 6.45) is -0.181. The highest BCUT2D eigenvalue weighted by Gasteiger charge is 2.19. The minimum Gasteiger partial charge on any atom is -0.388 e. The number of aliphatic hydroxyl groups excluding tert-OH is 1. The van der Waals surface area contributed by atoms with Gasteiger partial charge in [-0.2, -0.15) is 0 Å². The number of anilines is 1. The monoisotopic (exact) mass is 483 g/mol. The molecular formula is C21H17BrCl3NO. The molecular weight excluding hydrogens is 469 g/mol. The van der Waals surface area contributed by atoms with Gasteiger partial charge < -0.3 is 10.4 Å². The lowest BCUT2D eigenvalue weighted by molar-refractivity contribution is 0.160. The van der Waals surface area contributed by atoms with Gasteiger partial charge in [0.1, 0.15) is 0 Å². The number of nitrogens with one attached hydrogen (secondary N) is 1. The first-order chi connectivity index (χ1) is 12.9. The van der Waals surface area contributed by atoms with Crippen LogP contribution in [0, 0.1) is 0 Å². The van der Waals surface area contributed by atoms with Crippen LogP contribution < -0.4 is 5.32 Å². The fourth-order valence-corrected chi connectivity index (χ4v) is 3.50. The van der Waals surface area contributed by atoms with Gasteiger partial charge in [-0.15, -0.1) is 0 Å². The second-order valence-corrected chi connectivity index (χ2v) is 8.35. The molecule has 140 valence electrons. The Morgan fingerprint density at radius 2 is 1.44 bits per heavy atom. The van der Waals surface area contributed by atoms with E-state index in [9.17, 15) is 5.11 Å². The molecule has 0 amide bonds. The first kappa shape index (κ1) is 20.5. The number of hydrogen-bond acceptors (Lipinski definition) is 2. The summed E-state index contributed by atoms with van der Waals surface area (Å²) in [5.41, 5.74) is 2.69. The third-order valence-electron chi connectivity index (χ3n) is 4.24. The standard InChI is InChI=1S/C21H17BrCl3NO/c22-15-4-1-13(2-5-15)21(27)12-20(14-3-10-18(24)19(25)11-14)26-17-8-6-16(23)7-9-17/h1-11,20-21,26-27H,12H2. The van der Waals surface area contributed by atoms with E-state index >= 15 is 0 Å². The first-order valence-corrected chi connectivity index (χ1v) is 10.3. The van der Waals surface area contributed by atoms with Gasteiger partial charge in [0.15, 0.2) is 0 Å². The third-order valence-corrected chi connectivity index (χ3v) is 5.76. The van der Waals surface area contributed by atoms with Crippen molar-refractivity contribution < 1.29 is 5.11 Å². The number of hydrogen-bond donors (Lipinski definition) is 2. The van der Waals surface area contributed by atoms with E-state index in [2.05, 4.69) is 21.2 Å². The number of benzene rings is 3. The summed E-state index contributed by atoms with van der Waals surface area (Å²) >= 11 is 21.7. The molecule has 2 N–H and O–H groups in total. The molecule has 0 saturated carbocycles. The Balaban J connectivity index is 1.87. The van der Waals surface area contributed by atoms with E-state index in [4.69, 9.17) is 34.8 Å². The van der Waals surface area contributed by atoms with Crippen molar-refractivity contribution in [3.05, 3.63) is 97.4 Å². The lowest BCUT2D eigenvalue weighted by atomic mass is 9.96. The van der Waals surface area contributed by atoms with Crippen LogP contribution in [0.15, 0.2) is 71.2 Å². The second kappa shape index (κ2) is 9.31. The summed E-state index contributed by atoms with van der Waals surface area (Å²) in [5, 5.41) is 15.9. The molecule has 0 aliphatic carbocycles. The van der Waals surface area contributed by atoms with E-state index in [0.29, 0.717) is 21.5 Å². The molecule has 3 rings (SSSR count). The lowest BCUT2D eigenvalue weighted by Crippen LogP contribution is -2.15. The van der Waals surface area contributed by atoms with E-state index in [1.165, 1.54) is 0 Å². The maximum Gasteiger partial charge on any atom is 0.0813 e. The SMILES string of the molecule is OC(CC(Nc1ccc(Cl)cc1)c1ccc(Cl)c(Cl)c1)c1ccc(Br)cc1. The number of rotatable bonds is 6. The van der Waals surface area contributed by atoms with Crippen LogP contribution in [0.1, 0.15) is 29.7 Å². The van der Waals surface area contributed by atoms with Crippen LogP contribution in [-0.2, 0) is 0 Å². The molecule has 3 aromatic rings. The Labute approximate surface area is 182 Å². The van der Waals surface area contributed by atoms with E-state index in [0.717, 1.165) is 21.3 Å². The Morgan fingerprint density at radius 3 is 2.07 bits per heavy atom. The molecule has 2 unspecified atom stereocenters. The van der Waals surface area contributed by atoms with Gasteiger partial charge in [-0.3, -0.25) is 0 Å². The topological polar surface area (TPSA) is 32.3 Å². The predicted molar refractivity (Wildman–Crippen MR) is 118 cm³/mol. The van der Waals surface area contributed by atoms with Gasteiger partial charge in [0.05, 0.1) is 22.2 Å². The van der Waals surface area contributed by atoms with Crippen molar-refractivity contribution in [3.8, 4) is 0 Å². The Hall–Kier alpha value is -1.23. The third kappa shape index (κ3) is 5.63. The van der Waals surface area contributed by atoms with Gasteiger partial charge in [0.2, 0.25) is 0 Å². The van der Waals surface area contributed by atoms with Crippen LogP contribution in [0.25, 0.3) is 0 Å². The van der Waals surface area contributed by atoms with Crippen LogP contribution >= 0.6 is 50.7 Å². The highest BCUT2D eigenvalue weighted by Crippen LogP contribution is 2.33. The van der Waals surface area contributed by atoms with Crippen LogP contribution in [0.5, 0.6) is 0 Å². The number of halogens is 4. The summed E-state index contributed by atoms with van der Waals surface area (Å²) in [5.74, 6) is 0. The zero-order chi connectivity index (χ0) is 19.4. The van der Waals surface area contributed by atoms with Gasteiger partial charge >= 0.3 is 0 Å². The van der Waals surface area contributed by atoms with E-state index < -0.39 is 6.10 Å². The summed E-state index contributed by atoms with van der Waals surface area (Å²) in [6.45, 7) is 0. The fraction of sp³-hybridized carbons (Fsp3) is 0.143. The van der Waals surface area contributed by atoms with Gasteiger partial charge in [0, 0.05) is 21.6 Å². The molecule has 27 heavy (non-hydrogen) atoms. The van der Waals surface area contributed by atoms with Crippen molar-refractivity contribution in [1.29, 1.82) is 0 Å². The molecule has 0 radical (unpaired) electrons. The zero-order valence-corrected chi connectivity index (χ0v) is 18.0. The summed E-state index contributed by atoms with van der Waals surface area (Å²) in [7, 11) is 0. The molecule has 6 heteroatoms. The van der Waals surface area contributed by atoms with Crippen molar-refractivity contribution >= 4 is 56.4 Å².